The number of carbonyl (C=O) groups is 2. The zero-order valence-corrected chi connectivity index (χ0v) is 17.1. The molecular formula is C22H19ClN2O5. The molecule has 30 heavy (non-hydrogen) atoms. The van der Waals surface area contributed by atoms with Crippen molar-refractivity contribution in [3.63, 3.8) is 0 Å². The van der Waals surface area contributed by atoms with Gasteiger partial charge in [0.2, 0.25) is 0 Å². The molecular weight excluding hydrogens is 408 g/mol. The monoisotopic (exact) mass is 426 g/mol. The number of ether oxygens (including phenoxy) is 2. The summed E-state index contributed by atoms with van der Waals surface area (Å²) in [7, 11) is 1.29. The molecule has 1 N–H and O–H groups in total. The number of hydrogen-bond acceptors (Lipinski definition) is 6. The maximum Gasteiger partial charge on any atom is 0.339 e. The fourth-order valence-corrected chi connectivity index (χ4v) is 2.81. The Labute approximate surface area is 178 Å². The van der Waals surface area contributed by atoms with Crippen LogP contribution in [0.1, 0.15) is 33.4 Å². The normalized spacial score (nSPS) is 10.8. The van der Waals surface area contributed by atoms with Gasteiger partial charge < -0.3 is 13.9 Å². The van der Waals surface area contributed by atoms with E-state index in [1.165, 1.54) is 13.3 Å². The third kappa shape index (κ3) is 5.07. The largest absolute Gasteiger partial charge is 0.494 e. The van der Waals surface area contributed by atoms with Gasteiger partial charge in [0.25, 0.3) is 5.91 Å². The highest BCUT2D eigenvalue weighted by Crippen LogP contribution is 2.27. The van der Waals surface area contributed by atoms with Gasteiger partial charge in [0, 0.05) is 11.1 Å². The van der Waals surface area contributed by atoms with E-state index in [9.17, 15) is 9.59 Å². The molecule has 0 aliphatic carbocycles. The second kappa shape index (κ2) is 9.76. The summed E-state index contributed by atoms with van der Waals surface area (Å²) in [5, 5.41) is 4.20. The van der Waals surface area contributed by atoms with Crippen molar-refractivity contribution in [3.05, 3.63) is 76.5 Å². The number of amides is 1. The summed E-state index contributed by atoms with van der Waals surface area (Å²) in [6, 6.07) is 15.1. The van der Waals surface area contributed by atoms with E-state index in [2.05, 4.69) is 10.5 Å². The molecule has 0 aliphatic heterocycles. The lowest BCUT2D eigenvalue weighted by molar-refractivity contribution is 0.0601. The first-order chi connectivity index (χ1) is 14.5. The van der Waals surface area contributed by atoms with Crippen LogP contribution in [0.15, 0.2) is 64.1 Å². The molecule has 8 heteroatoms. The van der Waals surface area contributed by atoms with Crippen LogP contribution in [0.2, 0.25) is 5.02 Å². The average molecular weight is 427 g/mol. The number of methoxy groups -OCH3 is 1. The van der Waals surface area contributed by atoms with Gasteiger partial charge in [0.05, 0.1) is 30.5 Å². The van der Waals surface area contributed by atoms with Crippen molar-refractivity contribution in [2.75, 3.05) is 13.7 Å². The molecule has 0 spiro atoms. The number of halogens is 1. The maximum atomic E-state index is 12.1. The number of furan rings is 1. The third-order valence-electron chi connectivity index (χ3n) is 4.07. The van der Waals surface area contributed by atoms with E-state index in [4.69, 9.17) is 25.5 Å². The van der Waals surface area contributed by atoms with Crippen molar-refractivity contribution >= 4 is 29.7 Å². The minimum absolute atomic E-state index is 0.242. The summed E-state index contributed by atoms with van der Waals surface area (Å²) < 4.78 is 15.8. The number of benzene rings is 2. The topological polar surface area (TPSA) is 90.1 Å². The van der Waals surface area contributed by atoms with Crippen LogP contribution in [0, 0.1) is 0 Å². The van der Waals surface area contributed by atoms with E-state index in [0.717, 1.165) is 0 Å². The van der Waals surface area contributed by atoms with Gasteiger partial charge in [-0.05, 0) is 61.5 Å². The first kappa shape index (κ1) is 21.1. The first-order valence-electron chi connectivity index (χ1n) is 9.06. The standard InChI is InChI=1S/C22H19ClN2O5/c1-3-29-16-7-4-14(5-8-16)21(26)25-24-13-17-9-11-20(30-17)15-6-10-19(23)18(12-15)22(27)28-2/h4-13H,3H2,1-2H3,(H,25,26)/b24-13+. The number of rotatable bonds is 7. The summed E-state index contributed by atoms with van der Waals surface area (Å²) in [6.45, 7) is 2.45. The third-order valence-corrected chi connectivity index (χ3v) is 4.40. The van der Waals surface area contributed by atoms with Gasteiger partial charge in [-0.25, -0.2) is 10.2 Å². The SMILES string of the molecule is CCOc1ccc(C(=O)N/N=C/c2ccc(-c3ccc(Cl)c(C(=O)OC)c3)o2)cc1. The molecule has 0 fully saturated rings. The zero-order chi connectivity index (χ0) is 21.5. The highest BCUT2D eigenvalue weighted by molar-refractivity contribution is 6.33. The highest BCUT2D eigenvalue weighted by atomic mass is 35.5. The van der Waals surface area contributed by atoms with Gasteiger partial charge in [0.15, 0.2) is 0 Å². The van der Waals surface area contributed by atoms with Gasteiger partial charge >= 0.3 is 5.97 Å². The molecule has 0 radical (unpaired) electrons. The number of nitrogens with zero attached hydrogens (tertiary/aromatic N) is 1. The molecule has 2 aromatic carbocycles. The molecule has 154 valence electrons. The number of nitrogens with one attached hydrogen (secondary N) is 1. The van der Waals surface area contributed by atoms with Crippen LogP contribution >= 0.6 is 11.6 Å². The van der Waals surface area contributed by atoms with E-state index in [0.29, 0.717) is 35.0 Å². The van der Waals surface area contributed by atoms with Crippen LogP contribution in [-0.2, 0) is 4.74 Å². The Kier molecular flexibility index (Phi) is 6.87. The molecule has 1 aromatic heterocycles. The summed E-state index contributed by atoms with van der Waals surface area (Å²) in [5.74, 6) is 0.731. The van der Waals surface area contributed by atoms with Crippen molar-refractivity contribution in [2.24, 2.45) is 5.10 Å². The first-order valence-corrected chi connectivity index (χ1v) is 9.44. The van der Waals surface area contributed by atoms with Crippen LogP contribution < -0.4 is 10.2 Å². The fraction of sp³-hybridized carbons (Fsp3) is 0.136. The average Bonchev–Trinajstić information content (AvgIpc) is 3.23. The molecule has 1 heterocycles. The summed E-state index contributed by atoms with van der Waals surface area (Å²) in [5.41, 5.74) is 3.78. The van der Waals surface area contributed by atoms with Crippen molar-refractivity contribution in [1.82, 2.24) is 5.43 Å². The van der Waals surface area contributed by atoms with Gasteiger partial charge in [-0.1, -0.05) is 11.6 Å². The second-order valence-corrected chi connectivity index (χ2v) is 6.45. The summed E-state index contributed by atoms with van der Waals surface area (Å²) in [4.78, 5) is 23.9. The Bertz CT molecular complexity index is 1070. The molecule has 0 bridgehead atoms. The van der Waals surface area contributed by atoms with E-state index in [1.54, 1.807) is 54.6 Å². The highest BCUT2D eigenvalue weighted by Gasteiger charge is 2.13. The van der Waals surface area contributed by atoms with Crippen LogP contribution in [0.25, 0.3) is 11.3 Å². The van der Waals surface area contributed by atoms with Crippen LogP contribution in [0.4, 0.5) is 0 Å². The second-order valence-electron chi connectivity index (χ2n) is 6.04. The minimum atomic E-state index is -0.535. The molecule has 0 saturated heterocycles. The molecule has 0 saturated carbocycles. The lowest BCUT2D eigenvalue weighted by Crippen LogP contribution is -2.17. The van der Waals surface area contributed by atoms with E-state index >= 15 is 0 Å². The molecule has 0 aliphatic rings. The Morgan fingerprint density at radius 1 is 1.13 bits per heavy atom. The van der Waals surface area contributed by atoms with E-state index in [1.807, 2.05) is 6.92 Å². The number of esters is 1. The Balaban J connectivity index is 1.66. The lowest BCUT2D eigenvalue weighted by atomic mass is 10.1. The van der Waals surface area contributed by atoms with Crippen molar-refractivity contribution in [3.8, 4) is 17.1 Å². The van der Waals surface area contributed by atoms with Crippen molar-refractivity contribution in [1.29, 1.82) is 0 Å². The quantitative estimate of drug-likeness (QED) is 0.340. The predicted molar refractivity (Wildman–Crippen MR) is 113 cm³/mol. The van der Waals surface area contributed by atoms with Crippen molar-refractivity contribution < 1.29 is 23.5 Å². The number of hydrogen-bond donors (Lipinski definition) is 1. The molecule has 3 rings (SSSR count). The minimum Gasteiger partial charge on any atom is -0.494 e. The van der Waals surface area contributed by atoms with Crippen LogP contribution in [-0.4, -0.2) is 31.8 Å². The van der Waals surface area contributed by atoms with Gasteiger partial charge in [-0.3, -0.25) is 4.79 Å². The summed E-state index contributed by atoms with van der Waals surface area (Å²) in [6.07, 6.45) is 1.38. The molecule has 0 atom stereocenters. The lowest BCUT2D eigenvalue weighted by Gasteiger charge is -2.04. The van der Waals surface area contributed by atoms with Gasteiger partial charge in [-0.2, -0.15) is 5.10 Å². The molecule has 1 amide bonds. The Morgan fingerprint density at radius 3 is 2.60 bits per heavy atom. The number of hydrazone groups is 1. The molecule has 3 aromatic rings. The van der Waals surface area contributed by atoms with Gasteiger partial charge in [0.1, 0.15) is 17.3 Å². The van der Waals surface area contributed by atoms with Crippen molar-refractivity contribution in [2.45, 2.75) is 6.92 Å². The number of carbonyl (C=O) groups excluding carboxylic acids is 2. The van der Waals surface area contributed by atoms with Gasteiger partial charge in [-0.15, -0.1) is 0 Å². The Hall–Kier alpha value is -3.58. The maximum absolute atomic E-state index is 12.1. The van der Waals surface area contributed by atoms with Crippen LogP contribution in [0.5, 0.6) is 5.75 Å². The Morgan fingerprint density at radius 2 is 1.90 bits per heavy atom. The summed E-state index contributed by atoms with van der Waals surface area (Å²) >= 11 is 6.04. The molecule has 7 nitrogen and oxygen atoms in total. The fourth-order valence-electron chi connectivity index (χ4n) is 2.61. The van der Waals surface area contributed by atoms with Crippen LogP contribution in [0.3, 0.4) is 0 Å². The smallest absolute Gasteiger partial charge is 0.339 e. The predicted octanol–water partition coefficient (Wildman–Crippen LogP) is 4.55. The van der Waals surface area contributed by atoms with E-state index < -0.39 is 5.97 Å². The molecule has 0 unspecified atom stereocenters. The zero-order valence-electron chi connectivity index (χ0n) is 16.3. The van der Waals surface area contributed by atoms with E-state index in [-0.39, 0.29) is 16.5 Å².